The highest BCUT2D eigenvalue weighted by molar-refractivity contribution is 5.89. The Morgan fingerprint density at radius 3 is 2.10 bits per heavy atom. The largest absolute Gasteiger partial charge is 0.480 e. The van der Waals surface area contributed by atoms with E-state index >= 15 is 0 Å². The van der Waals surface area contributed by atoms with Crippen molar-refractivity contribution < 1.29 is 24.2 Å². The molecule has 2 amide bonds. The Morgan fingerprint density at radius 2 is 1.55 bits per heavy atom. The van der Waals surface area contributed by atoms with Gasteiger partial charge in [0.25, 0.3) is 0 Å². The highest BCUT2D eigenvalue weighted by Crippen LogP contribution is 2.08. The quantitative estimate of drug-likeness (QED) is 0.539. The number of rotatable bonds is 10. The Morgan fingerprint density at radius 1 is 0.968 bits per heavy atom. The van der Waals surface area contributed by atoms with E-state index in [2.05, 4.69) is 10.6 Å². The van der Waals surface area contributed by atoms with Crippen molar-refractivity contribution in [1.82, 2.24) is 10.6 Å². The molecule has 0 radical (unpaired) electrons. The van der Waals surface area contributed by atoms with Crippen LogP contribution in [0.1, 0.15) is 24.5 Å². The summed E-state index contributed by atoms with van der Waals surface area (Å²) < 4.78 is 5.19. The van der Waals surface area contributed by atoms with E-state index in [4.69, 9.17) is 10.00 Å². The van der Waals surface area contributed by atoms with Crippen LogP contribution in [0.25, 0.3) is 0 Å². The molecule has 0 saturated heterocycles. The first kappa shape index (κ1) is 23.4. The van der Waals surface area contributed by atoms with E-state index in [1.165, 1.54) is 0 Å². The zero-order valence-corrected chi connectivity index (χ0v) is 17.2. The fourth-order valence-corrected chi connectivity index (χ4v) is 2.87. The number of aliphatic carboxylic acids is 1. The van der Waals surface area contributed by atoms with Crippen molar-refractivity contribution in [1.29, 1.82) is 5.26 Å². The van der Waals surface area contributed by atoms with Gasteiger partial charge < -0.3 is 20.5 Å². The molecular formula is C23H25N3O5. The maximum Gasteiger partial charge on any atom is 0.408 e. The van der Waals surface area contributed by atoms with E-state index in [1.54, 1.807) is 43.3 Å². The van der Waals surface area contributed by atoms with Gasteiger partial charge in [-0.15, -0.1) is 0 Å². The normalized spacial score (nSPS) is 13.2. The van der Waals surface area contributed by atoms with Crippen molar-refractivity contribution >= 4 is 18.0 Å². The van der Waals surface area contributed by atoms with Crippen LogP contribution in [-0.2, 0) is 27.4 Å². The van der Waals surface area contributed by atoms with Gasteiger partial charge in [0.15, 0.2) is 0 Å². The SMILES string of the molecule is C[C@H](C#N)C[C@H](NC(=O)[C@H](Cc1ccccc1)NC(=O)OCc1ccccc1)C(=O)O. The summed E-state index contributed by atoms with van der Waals surface area (Å²) in [6.07, 6.45) is -0.696. The molecular weight excluding hydrogens is 398 g/mol. The zero-order chi connectivity index (χ0) is 22.6. The number of carbonyl (C=O) groups is 3. The Hall–Kier alpha value is -3.86. The summed E-state index contributed by atoms with van der Waals surface area (Å²) in [7, 11) is 0. The van der Waals surface area contributed by atoms with Gasteiger partial charge in [0, 0.05) is 12.3 Å². The van der Waals surface area contributed by atoms with Crippen LogP contribution in [0.2, 0.25) is 0 Å². The second kappa shape index (κ2) is 12.0. The lowest BCUT2D eigenvalue weighted by molar-refractivity contribution is -0.142. The first-order chi connectivity index (χ1) is 14.9. The smallest absolute Gasteiger partial charge is 0.408 e. The molecule has 0 saturated carbocycles. The fourth-order valence-electron chi connectivity index (χ4n) is 2.87. The molecule has 8 heteroatoms. The number of amides is 2. The van der Waals surface area contributed by atoms with Gasteiger partial charge in [-0.3, -0.25) is 4.79 Å². The van der Waals surface area contributed by atoms with Gasteiger partial charge in [0.1, 0.15) is 18.7 Å². The molecule has 2 rings (SSSR count). The molecule has 2 aromatic rings. The van der Waals surface area contributed by atoms with E-state index in [9.17, 15) is 19.5 Å². The summed E-state index contributed by atoms with van der Waals surface area (Å²) in [4.78, 5) is 36.6. The number of carboxylic acid groups (broad SMARTS) is 1. The Labute approximate surface area is 180 Å². The van der Waals surface area contributed by atoms with Crippen molar-refractivity contribution in [3.05, 3.63) is 71.8 Å². The number of hydrogen-bond acceptors (Lipinski definition) is 5. The van der Waals surface area contributed by atoms with Crippen molar-refractivity contribution in [2.45, 2.75) is 38.5 Å². The number of benzene rings is 2. The standard InChI is InChI=1S/C23H25N3O5/c1-16(14-24)12-20(22(28)29)25-21(27)19(13-17-8-4-2-5-9-17)26-23(30)31-15-18-10-6-3-7-11-18/h2-11,16,19-20H,12-13,15H2,1H3,(H,25,27)(H,26,30)(H,28,29)/t16-,19-,20-/m0/s1. The maximum absolute atomic E-state index is 12.8. The molecule has 8 nitrogen and oxygen atoms in total. The first-order valence-electron chi connectivity index (χ1n) is 9.83. The molecule has 0 spiro atoms. The molecule has 31 heavy (non-hydrogen) atoms. The highest BCUT2D eigenvalue weighted by Gasteiger charge is 2.28. The van der Waals surface area contributed by atoms with E-state index in [0.717, 1.165) is 11.1 Å². The molecule has 3 N–H and O–H groups in total. The number of alkyl carbamates (subject to hydrolysis) is 1. The van der Waals surface area contributed by atoms with Crippen LogP contribution in [-0.4, -0.2) is 35.2 Å². The number of nitrogens with one attached hydrogen (secondary N) is 2. The van der Waals surface area contributed by atoms with Crippen LogP contribution in [0, 0.1) is 17.2 Å². The first-order valence-corrected chi connectivity index (χ1v) is 9.83. The average Bonchev–Trinajstić information content (AvgIpc) is 2.78. The number of nitriles is 1. The van der Waals surface area contributed by atoms with Crippen LogP contribution in [0.15, 0.2) is 60.7 Å². The minimum atomic E-state index is -1.25. The van der Waals surface area contributed by atoms with Crippen LogP contribution in [0.5, 0.6) is 0 Å². The number of ether oxygens (including phenoxy) is 1. The third-order valence-electron chi connectivity index (χ3n) is 4.53. The maximum atomic E-state index is 12.8. The summed E-state index contributed by atoms with van der Waals surface area (Å²) in [5.41, 5.74) is 1.57. The van der Waals surface area contributed by atoms with Gasteiger partial charge in [-0.2, -0.15) is 5.26 Å². The van der Waals surface area contributed by atoms with E-state index in [1.807, 2.05) is 30.3 Å². The molecule has 2 aromatic carbocycles. The van der Waals surface area contributed by atoms with Crippen molar-refractivity contribution in [2.75, 3.05) is 0 Å². The molecule has 0 unspecified atom stereocenters. The minimum Gasteiger partial charge on any atom is -0.480 e. The third kappa shape index (κ3) is 8.19. The number of carbonyl (C=O) groups excluding carboxylic acids is 2. The lowest BCUT2D eigenvalue weighted by atomic mass is 10.0. The molecule has 0 bridgehead atoms. The van der Waals surface area contributed by atoms with Crippen LogP contribution < -0.4 is 10.6 Å². The predicted molar refractivity (Wildman–Crippen MR) is 113 cm³/mol. The van der Waals surface area contributed by atoms with Gasteiger partial charge in [0.05, 0.1) is 6.07 Å². The zero-order valence-electron chi connectivity index (χ0n) is 17.2. The molecule has 0 aromatic heterocycles. The van der Waals surface area contributed by atoms with Crippen molar-refractivity contribution in [2.24, 2.45) is 5.92 Å². The average molecular weight is 423 g/mol. The van der Waals surface area contributed by atoms with Gasteiger partial charge in [0.2, 0.25) is 5.91 Å². The second-order valence-electron chi connectivity index (χ2n) is 7.11. The Kier molecular flexibility index (Phi) is 9.05. The van der Waals surface area contributed by atoms with Crippen molar-refractivity contribution in [3.8, 4) is 6.07 Å². The minimum absolute atomic E-state index is 0.0315. The summed E-state index contributed by atoms with van der Waals surface area (Å²) in [5.74, 6) is -2.48. The molecule has 0 aliphatic heterocycles. The topological polar surface area (TPSA) is 129 Å². The lowest BCUT2D eigenvalue weighted by Gasteiger charge is -2.22. The van der Waals surface area contributed by atoms with E-state index in [0.29, 0.717) is 0 Å². The summed E-state index contributed by atoms with van der Waals surface area (Å²) >= 11 is 0. The number of hydrogen-bond donors (Lipinski definition) is 3. The second-order valence-corrected chi connectivity index (χ2v) is 7.11. The van der Waals surface area contributed by atoms with E-state index in [-0.39, 0.29) is 19.4 Å². The number of carboxylic acids is 1. The Balaban J connectivity index is 2.07. The fraction of sp³-hybridized carbons (Fsp3) is 0.304. The summed E-state index contributed by atoms with van der Waals surface area (Å²) in [6, 6.07) is 17.7. The number of nitrogens with zero attached hydrogens (tertiary/aromatic N) is 1. The summed E-state index contributed by atoms with van der Waals surface area (Å²) in [6.45, 7) is 1.60. The molecule has 0 aliphatic rings. The molecule has 0 heterocycles. The molecule has 0 fully saturated rings. The van der Waals surface area contributed by atoms with Gasteiger partial charge >= 0.3 is 12.1 Å². The van der Waals surface area contributed by atoms with Gasteiger partial charge in [-0.25, -0.2) is 9.59 Å². The monoisotopic (exact) mass is 423 g/mol. The molecule has 3 atom stereocenters. The van der Waals surface area contributed by atoms with Gasteiger partial charge in [-0.05, 0) is 24.5 Å². The molecule has 162 valence electrons. The van der Waals surface area contributed by atoms with E-state index < -0.39 is 36.0 Å². The van der Waals surface area contributed by atoms with Crippen LogP contribution in [0.4, 0.5) is 4.79 Å². The predicted octanol–water partition coefficient (Wildman–Crippen LogP) is 2.64. The van der Waals surface area contributed by atoms with Crippen molar-refractivity contribution in [3.63, 3.8) is 0 Å². The van der Waals surface area contributed by atoms with Crippen LogP contribution in [0.3, 0.4) is 0 Å². The lowest BCUT2D eigenvalue weighted by Crippen LogP contribution is -2.52. The molecule has 0 aliphatic carbocycles. The summed E-state index contributed by atoms with van der Waals surface area (Å²) in [5, 5.41) is 23.3. The Bertz CT molecular complexity index is 912. The highest BCUT2D eigenvalue weighted by atomic mass is 16.5. The van der Waals surface area contributed by atoms with Gasteiger partial charge in [-0.1, -0.05) is 60.7 Å². The third-order valence-corrected chi connectivity index (χ3v) is 4.53. The van der Waals surface area contributed by atoms with Crippen LogP contribution >= 0.6 is 0 Å².